The molecule has 29 heavy (non-hydrogen) atoms. The van der Waals surface area contributed by atoms with Gasteiger partial charge < -0.3 is 14.3 Å². The third-order valence-corrected chi connectivity index (χ3v) is 4.62. The molecule has 7 heteroatoms. The van der Waals surface area contributed by atoms with E-state index in [1.54, 1.807) is 48.5 Å². The number of nitrogens with zero attached hydrogens (tertiary/aromatic N) is 2. The van der Waals surface area contributed by atoms with Gasteiger partial charge in [-0.2, -0.15) is 0 Å². The zero-order valence-electron chi connectivity index (χ0n) is 15.6. The van der Waals surface area contributed by atoms with Crippen LogP contribution in [0, 0.1) is 0 Å². The van der Waals surface area contributed by atoms with Crippen molar-refractivity contribution < 1.29 is 23.8 Å². The molecule has 1 aliphatic heterocycles. The SMILES string of the molecule is CCOc1cccc(N2C(=O)C(=O)/C(=C(\O)c3ccncc3)C2c2ccco2)c1. The van der Waals surface area contributed by atoms with Gasteiger partial charge in [0.15, 0.2) is 0 Å². The second-order valence-corrected chi connectivity index (χ2v) is 6.35. The molecule has 3 heterocycles. The summed E-state index contributed by atoms with van der Waals surface area (Å²) in [4.78, 5) is 31.1. The van der Waals surface area contributed by atoms with E-state index in [0.29, 0.717) is 29.4 Å². The second kappa shape index (κ2) is 7.63. The van der Waals surface area contributed by atoms with Crippen molar-refractivity contribution in [1.82, 2.24) is 4.98 Å². The monoisotopic (exact) mass is 390 g/mol. The Bertz CT molecular complexity index is 1070. The van der Waals surface area contributed by atoms with E-state index in [-0.39, 0.29) is 11.3 Å². The molecule has 1 aromatic carbocycles. The Morgan fingerprint density at radius 1 is 1.17 bits per heavy atom. The van der Waals surface area contributed by atoms with Gasteiger partial charge in [-0.1, -0.05) is 6.07 Å². The predicted octanol–water partition coefficient (Wildman–Crippen LogP) is 3.70. The van der Waals surface area contributed by atoms with E-state index >= 15 is 0 Å². The molecule has 1 N–H and O–H groups in total. The molecule has 1 saturated heterocycles. The number of ketones is 1. The number of pyridine rings is 1. The number of ether oxygens (including phenoxy) is 1. The van der Waals surface area contributed by atoms with Crippen LogP contribution in [0.5, 0.6) is 5.75 Å². The number of aliphatic hydroxyl groups is 1. The van der Waals surface area contributed by atoms with Gasteiger partial charge in [0.2, 0.25) is 0 Å². The minimum absolute atomic E-state index is 0.0436. The number of anilines is 1. The number of amides is 1. The Morgan fingerprint density at radius 3 is 2.66 bits per heavy atom. The van der Waals surface area contributed by atoms with Crippen molar-refractivity contribution in [2.45, 2.75) is 13.0 Å². The molecular weight excluding hydrogens is 372 g/mol. The second-order valence-electron chi connectivity index (χ2n) is 6.35. The van der Waals surface area contributed by atoms with Gasteiger partial charge in [-0.05, 0) is 43.3 Å². The van der Waals surface area contributed by atoms with E-state index in [1.807, 2.05) is 6.92 Å². The first kappa shape index (κ1) is 18.5. The summed E-state index contributed by atoms with van der Waals surface area (Å²) in [5, 5.41) is 10.9. The largest absolute Gasteiger partial charge is 0.507 e. The highest BCUT2D eigenvalue weighted by molar-refractivity contribution is 6.51. The zero-order chi connectivity index (χ0) is 20.4. The zero-order valence-corrected chi connectivity index (χ0v) is 15.6. The van der Waals surface area contributed by atoms with Crippen LogP contribution < -0.4 is 9.64 Å². The van der Waals surface area contributed by atoms with Crippen molar-refractivity contribution in [2.75, 3.05) is 11.5 Å². The fourth-order valence-electron chi connectivity index (χ4n) is 3.37. The van der Waals surface area contributed by atoms with Gasteiger partial charge in [-0.25, -0.2) is 0 Å². The van der Waals surface area contributed by atoms with Crippen LogP contribution in [0.15, 0.2) is 77.2 Å². The number of Topliss-reactive ketones (excluding diaryl/α,β-unsaturated/α-hetero) is 1. The average molecular weight is 390 g/mol. The number of hydrogen-bond donors (Lipinski definition) is 1. The van der Waals surface area contributed by atoms with Crippen LogP contribution in [0.1, 0.15) is 24.3 Å². The summed E-state index contributed by atoms with van der Waals surface area (Å²) < 4.78 is 11.0. The molecular formula is C22H18N2O5. The van der Waals surface area contributed by atoms with Crippen molar-refractivity contribution >= 4 is 23.1 Å². The van der Waals surface area contributed by atoms with Gasteiger partial charge in [0.1, 0.15) is 23.3 Å². The van der Waals surface area contributed by atoms with Crippen molar-refractivity contribution in [3.05, 3.63) is 84.1 Å². The molecule has 146 valence electrons. The van der Waals surface area contributed by atoms with Crippen molar-refractivity contribution in [3.63, 3.8) is 0 Å². The standard InChI is InChI=1S/C22H18N2O5/c1-2-28-16-6-3-5-15(13-16)24-19(17-7-4-12-29-17)18(21(26)22(24)27)20(25)14-8-10-23-11-9-14/h3-13,19,25H,2H2,1H3/b20-18-. The van der Waals surface area contributed by atoms with Gasteiger partial charge in [0, 0.05) is 29.7 Å². The Hall–Kier alpha value is -3.87. The molecule has 7 nitrogen and oxygen atoms in total. The molecule has 0 saturated carbocycles. The summed E-state index contributed by atoms with van der Waals surface area (Å²) in [6.45, 7) is 2.32. The van der Waals surface area contributed by atoms with Crippen LogP contribution in [0.25, 0.3) is 5.76 Å². The predicted molar refractivity (Wildman–Crippen MR) is 105 cm³/mol. The minimum atomic E-state index is -0.907. The first-order valence-corrected chi connectivity index (χ1v) is 9.09. The summed E-state index contributed by atoms with van der Waals surface area (Å²) in [6.07, 6.45) is 4.45. The molecule has 0 bridgehead atoms. The molecule has 0 aliphatic carbocycles. The first-order valence-electron chi connectivity index (χ1n) is 9.09. The van der Waals surface area contributed by atoms with Crippen LogP contribution in [-0.4, -0.2) is 28.4 Å². The maximum absolute atomic E-state index is 13.0. The number of furan rings is 1. The van der Waals surface area contributed by atoms with Crippen LogP contribution in [-0.2, 0) is 9.59 Å². The smallest absolute Gasteiger partial charge is 0.300 e. The lowest BCUT2D eigenvalue weighted by atomic mass is 9.99. The van der Waals surface area contributed by atoms with Gasteiger partial charge in [-0.15, -0.1) is 0 Å². The summed E-state index contributed by atoms with van der Waals surface area (Å²) >= 11 is 0. The molecule has 1 fully saturated rings. The van der Waals surface area contributed by atoms with Crippen LogP contribution >= 0.6 is 0 Å². The lowest BCUT2D eigenvalue weighted by Gasteiger charge is -2.23. The molecule has 1 amide bonds. The molecule has 0 spiro atoms. The molecule has 1 aliphatic rings. The molecule has 4 rings (SSSR count). The Morgan fingerprint density at radius 2 is 1.97 bits per heavy atom. The Labute approximate surface area is 166 Å². The van der Waals surface area contributed by atoms with Crippen LogP contribution in [0.4, 0.5) is 5.69 Å². The highest BCUT2D eigenvalue weighted by Gasteiger charge is 2.48. The van der Waals surface area contributed by atoms with E-state index in [1.165, 1.54) is 23.6 Å². The third-order valence-electron chi connectivity index (χ3n) is 4.62. The summed E-state index contributed by atoms with van der Waals surface area (Å²) in [7, 11) is 0. The Kier molecular flexibility index (Phi) is 4.87. The van der Waals surface area contributed by atoms with E-state index in [4.69, 9.17) is 9.15 Å². The van der Waals surface area contributed by atoms with E-state index in [9.17, 15) is 14.7 Å². The fraction of sp³-hybridized carbons (Fsp3) is 0.136. The minimum Gasteiger partial charge on any atom is -0.507 e. The number of benzene rings is 1. The van der Waals surface area contributed by atoms with E-state index < -0.39 is 17.7 Å². The summed E-state index contributed by atoms with van der Waals surface area (Å²) in [5.41, 5.74) is 0.809. The first-order chi connectivity index (χ1) is 14.1. The maximum Gasteiger partial charge on any atom is 0.300 e. The number of rotatable bonds is 5. The highest BCUT2D eigenvalue weighted by atomic mass is 16.5. The molecule has 0 radical (unpaired) electrons. The van der Waals surface area contributed by atoms with Crippen LogP contribution in [0.3, 0.4) is 0 Å². The molecule has 1 atom stereocenters. The summed E-state index contributed by atoms with van der Waals surface area (Å²) in [5.74, 6) is -0.894. The average Bonchev–Trinajstić information content (AvgIpc) is 3.36. The van der Waals surface area contributed by atoms with Gasteiger partial charge in [0.25, 0.3) is 11.7 Å². The molecule has 2 aromatic heterocycles. The number of hydrogen-bond acceptors (Lipinski definition) is 6. The number of carbonyl (C=O) groups excluding carboxylic acids is 2. The highest BCUT2D eigenvalue weighted by Crippen LogP contribution is 2.42. The normalized spacial score (nSPS) is 18.2. The number of aromatic nitrogens is 1. The van der Waals surface area contributed by atoms with Crippen LogP contribution in [0.2, 0.25) is 0 Å². The van der Waals surface area contributed by atoms with E-state index in [0.717, 1.165) is 0 Å². The number of carbonyl (C=O) groups is 2. The fourth-order valence-corrected chi connectivity index (χ4v) is 3.37. The molecule has 1 unspecified atom stereocenters. The van der Waals surface area contributed by atoms with E-state index in [2.05, 4.69) is 4.98 Å². The molecule has 3 aromatic rings. The lowest BCUT2D eigenvalue weighted by Crippen LogP contribution is -2.29. The maximum atomic E-state index is 13.0. The Balaban J connectivity index is 1.89. The van der Waals surface area contributed by atoms with Gasteiger partial charge in [0.05, 0.1) is 18.4 Å². The topological polar surface area (TPSA) is 92.9 Å². The lowest BCUT2D eigenvalue weighted by molar-refractivity contribution is -0.132. The van der Waals surface area contributed by atoms with Gasteiger partial charge >= 0.3 is 0 Å². The van der Waals surface area contributed by atoms with Crippen molar-refractivity contribution in [2.24, 2.45) is 0 Å². The summed E-state index contributed by atoms with van der Waals surface area (Å²) in [6, 6.07) is 12.4. The van der Waals surface area contributed by atoms with Crippen molar-refractivity contribution in [1.29, 1.82) is 0 Å². The van der Waals surface area contributed by atoms with Gasteiger partial charge in [-0.3, -0.25) is 19.5 Å². The number of aliphatic hydroxyl groups excluding tert-OH is 1. The van der Waals surface area contributed by atoms with Crippen molar-refractivity contribution in [3.8, 4) is 5.75 Å². The quantitative estimate of drug-likeness (QED) is 0.406. The third kappa shape index (κ3) is 3.27.